The van der Waals surface area contributed by atoms with E-state index in [0.29, 0.717) is 0 Å². The Labute approximate surface area is 119 Å². The highest BCUT2D eigenvalue weighted by Gasteiger charge is 2.17. The first-order chi connectivity index (χ1) is 9.31. The minimum atomic E-state index is -1.04. The number of rotatable bonds is 6. The van der Waals surface area contributed by atoms with Gasteiger partial charge in [-0.3, -0.25) is 9.59 Å². The van der Waals surface area contributed by atoms with E-state index in [2.05, 4.69) is 5.32 Å². The van der Waals surface area contributed by atoms with E-state index in [-0.39, 0.29) is 25.0 Å². The monoisotopic (exact) mass is 278 g/mol. The second-order valence-electron chi connectivity index (χ2n) is 5.18. The van der Waals surface area contributed by atoms with Crippen LogP contribution >= 0.6 is 0 Å². The summed E-state index contributed by atoms with van der Waals surface area (Å²) in [5.41, 5.74) is 3.23. The molecule has 2 N–H and O–H groups in total. The summed E-state index contributed by atoms with van der Waals surface area (Å²) in [5.74, 6) is -1.33. The molecule has 1 aromatic carbocycles. The van der Waals surface area contributed by atoms with E-state index in [9.17, 15) is 9.59 Å². The molecule has 0 saturated heterocycles. The first-order valence-electron chi connectivity index (χ1n) is 6.63. The zero-order valence-electron chi connectivity index (χ0n) is 12.4. The van der Waals surface area contributed by atoms with Crippen LogP contribution in [0, 0.1) is 13.8 Å². The number of carboxylic acid groups (broad SMARTS) is 1. The number of amides is 1. The molecule has 0 aromatic heterocycles. The molecule has 0 aliphatic carbocycles. The van der Waals surface area contributed by atoms with Crippen LogP contribution in [0.15, 0.2) is 18.2 Å². The Morgan fingerprint density at radius 2 is 1.95 bits per heavy atom. The molecule has 1 aromatic rings. The number of carbonyl (C=O) groups excluding carboxylic acids is 1. The molecule has 1 rings (SSSR count). The van der Waals surface area contributed by atoms with E-state index < -0.39 is 5.97 Å². The molecule has 5 nitrogen and oxygen atoms in total. The van der Waals surface area contributed by atoms with Crippen molar-refractivity contribution >= 4 is 17.6 Å². The molecular formula is C15H22N2O3. The maximum Gasteiger partial charge on any atom is 0.322 e. The molecule has 1 amide bonds. The third-order valence-corrected chi connectivity index (χ3v) is 3.05. The highest BCUT2D eigenvalue weighted by atomic mass is 16.4. The standard InChI is InChI=1S/C15H22N2O3/c1-10(2)17(9-14(18)16-8-15(19)20)13-7-11(3)5-6-12(13)4/h5-7,10H,8-9H2,1-4H3,(H,16,18)(H,19,20). The first kappa shape index (κ1) is 16.0. The molecule has 0 fully saturated rings. The van der Waals surface area contributed by atoms with Gasteiger partial charge in [-0.1, -0.05) is 12.1 Å². The molecule has 0 saturated carbocycles. The Morgan fingerprint density at radius 3 is 2.50 bits per heavy atom. The van der Waals surface area contributed by atoms with Crippen molar-refractivity contribution in [3.8, 4) is 0 Å². The third kappa shape index (κ3) is 4.57. The number of anilines is 1. The molecule has 0 radical (unpaired) electrons. The van der Waals surface area contributed by atoms with Gasteiger partial charge in [-0.05, 0) is 44.9 Å². The largest absolute Gasteiger partial charge is 0.480 e. The Morgan fingerprint density at radius 1 is 1.30 bits per heavy atom. The number of benzene rings is 1. The summed E-state index contributed by atoms with van der Waals surface area (Å²) in [6.45, 7) is 7.82. The predicted molar refractivity (Wildman–Crippen MR) is 79.0 cm³/mol. The van der Waals surface area contributed by atoms with Crippen LogP contribution in [0.25, 0.3) is 0 Å². The molecule has 5 heteroatoms. The molecule has 20 heavy (non-hydrogen) atoms. The van der Waals surface area contributed by atoms with E-state index >= 15 is 0 Å². The quantitative estimate of drug-likeness (QED) is 0.831. The molecule has 0 unspecified atom stereocenters. The Kier molecular flexibility index (Phi) is 5.55. The molecule has 0 aliphatic rings. The van der Waals surface area contributed by atoms with Crippen LogP contribution in [-0.4, -0.2) is 36.1 Å². The second kappa shape index (κ2) is 6.93. The number of aryl methyl sites for hydroxylation is 2. The summed E-state index contributed by atoms with van der Waals surface area (Å²) in [6.07, 6.45) is 0. The molecule has 0 aliphatic heterocycles. The summed E-state index contributed by atoms with van der Waals surface area (Å²) in [7, 11) is 0. The van der Waals surface area contributed by atoms with Gasteiger partial charge in [0.25, 0.3) is 0 Å². The van der Waals surface area contributed by atoms with Crippen LogP contribution in [0.1, 0.15) is 25.0 Å². The van der Waals surface area contributed by atoms with Crippen LogP contribution in [0.4, 0.5) is 5.69 Å². The lowest BCUT2D eigenvalue weighted by atomic mass is 10.1. The number of carboxylic acids is 1. The maximum absolute atomic E-state index is 11.8. The highest BCUT2D eigenvalue weighted by Crippen LogP contribution is 2.23. The van der Waals surface area contributed by atoms with Crippen LogP contribution in [0.3, 0.4) is 0 Å². The lowest BCUT2D eigenvalue weighted by molar-refractivity contribution is -0.137. The number of hydrogen-bond acceptors (Lipinski definition) is 3. The molecule has 0 heterocycles. The van der Waals surface area contributed by atoms with Gasteiger partial charge in [-0.15, -0.1) is 0 Å². The number of hydrogen-bond donors (Lipinski definition) is 2. The number of aliphatic carboxylic acids is 1. The zero-order chi connectivity index (χ0) is 15.3. The van der Waals surface area contributed by atoms with Crippen molar-refractivity contribution in [1.82, 2.24) is 5.32 Å². The normalized spacial score (nSPS) is 10.4. The van der Waals surface area contributed by atoms with Gasteiger partial charge in [0.2, 0.25) is 5.91 Å². The van der Waals surface area contributed by atoms with Crippen LogP contribution < -0.4 is 10.2 Å². The number of nitrogens with zero attached hydrogens (tertiary/aromatic N) is 1. The van der Waals surface area contributed by atoms with Crippen LogP contribution in [0.2, 0.25) is 0 Å². The van der Waals surface area contributed by atoms with Crippen molar-refractivity contribution in [2.75, 3.05) is 18.0 Å². The van der Waals surface area contributed by atoms with E-state index in [4.69, 9.17) is 5.11 Å². The lowest BCUT2D eigenvalue weighted by Crippen LogP contribution is -2.42. The van der Waals surface area contributed by atoms with Gasteiger partial charge >= 0.3 is 5.97 Å². The van der Waals surface area contributed by atoms with E-state index in [1.165, 1.54) is 0 Å². The van der Waals surface area contributed by atoms with Gasteiger partial charge in [-0.25, -0.2) is 0 Å². The topological polar surface area (TPSA) is 69.6 Å². The summed E-state index contributed by atoms with van der Waals surface area (Å²) in [6, 6.07) is 6.24. The Bertz CT molecular complexity index is 498. The molecule has 110 valence electrons. The average molecular weight is 278 g/mol. The first-order valence-corrected chi connectivity index (χ1v) is 6.63. The van der Waals surface area contributed by atoms with Crippen molar-refractivity contribution < 1.29 is 14.7 Å². The van der Waals surface area contributed by atoms with Gasteiger partial charge in [0.1, 0.15) is 6.54 Å². The third-order valence-electron chi connectivity index (χ3n) is 3.05. The fraction of sp³-hybridized carbons (Fsp3) is 0.467. The van der Waals surface area contributed by atoms with Gasteiger partial charge in [0.15, 0.2) is 0 Å². The predicted octanol–water partition coefficient (Wildman–Crippen LogP) is 1.72. The molecule has 0 bridgehead atoms. The smallest absolute Gasteiger partial charge is 0.322 e. The van der Waals surface area contributed by atoms with Crippen LogP contribution in [-0.2, 0) is 9.59 Å². The SMILES string of the molecule is Cc1ccc(C)c(N(CC(=O)NCC(=O)O)C(C)C)c1. The number of nitrogens with one attached hydrogen (secondary N) is 1. The highest BCUT2D eigenvalue weighted by molar-refractivity contribution is 5.85. The van der Waals surface area contributed by atoms with Crippen molar-refractivity contribution in [2.24, 2.45) is 0 Å². The number of carbonyl (C=O) groups is 2. The van der Waals surface area contributed by atoms with Crippen molar-refractivity contribution in [2.45, 2.75) is 33.7 Å². The van der Waals surface area contributed by atoms with Crippen LogP contribution in [0.5, 0.6) is 0 Å². The fourth-order valence-corrected chi connectivity index (χ4v) is 1.96. The summed E-state index contributed by atoms with van der Waals surface area (Å²) >= 11 is 0. The summed E-state index contributed by atoms with van der Waals surface area (Å²) < 4.78 is 0. The zero-order valence-corrected chi connectivity index (χ0v) is 12.4. The van der Waals surface area contributed by atoms with E-state index in [1.807, 2.05) is 50.8 Å². The fourth-order valence-electron chi connectivity index (χ4n) is 1.96. The Hall–Kier alpha value is -2.04. The van der Waals surface area contributed by atoms with Crippen molar-refractivity contribution in [3.05, 3.63) is 29.3 Å². The van der Waals surface area contributed by atoms with E-state index in [0.717, 1.165) is 16.8 Å². The second-order valence-corrected chi connectivity index (χ2v) is 5.18. The molecule has 0 spiro atoms. The summed E-state index contributed by atoms with van der Waals surface area (Å²) in [4.78, 5) is 24.3. The molecule has 0 atom stereocenters. The van der Waals surface area contributed by atoms with Gasteiger partial charge < -0.3 is 15.3 Å². The minimum Gasteiger partial charge on any atom is -0.480 e. The van der Waals surface area contributed by atoms with Gasteiger partial charge in [0, 0.05) is 11.7 Å². The van der Waals surface area contributed by atoms with Crippen molar-refractivity contribution in [3.63, 3.8) is 0 Å². The maximum atomic E-state index is 11.8. The average Bonchev–Trinajstić information content (AvgIpc) is 2.36. The Balaban J connectivity index is 2.86. The van der Waals surface area contributed by atoms with Gasteiger partial charge in [-0.2, -0.15) is 0 Å². The minimum absolute atomic E-state index is 0.145. The van der Waals surface area contributed by atoms with Crippen molar-refractivity contribution in [1.29, 1.82) is 0 Å². The van der Waals surface area contributed by atoms with E-state index in [1.54, 1.807) is 0 Å². The summed E-state index contributed by atoms with van der Waals surface area (Å²) in [5, 5.41) is 11.0. The lowest BCUT2D eigenvalue weighted by Gasteiger charge is -2.30. The van der Waals surface area contributed by atoms with Gasteiger partial charge in [0.05, 0.1) is 6.54 Å². The molecular weight excluding hydrogens is 256 g/mol.